The Morgan fingerprint density at radius 1 is 0.975 bits per heavy atom. The van der Waals surface area contributed by atoms with Gasteiger partial charge in [-0.2, -0.15) is 10.2 Å². The highest BCUT2D eigenvalue weighted by molar-refractivity contribution is 6.25. The van der Waals surface area contributed by atoms with Gasteiger partial charge < -0.3 is 0 Å². The van der Waals surface area contributed by atoms with Crippen LogP contribution in [-0.2, 0) is 14.4 Å². The van der Waals surface area contributed by atoms with E-state index in [0.717, 1.165) is 16.0 Å². The van der Waals surface area contributed by atoms with Crippen LogP contribution in [0.25, 0.3) is 0 Å². The molecule has 12 heteroatoms. The molecule has 1 saturated heterocycles. The molecule has 0 bridgehead atoms. The second-order valence-electron chi connectivity index (χ2n) is 9.76. The lowest BCUT2D eigenvalue weighted by atomic mass is 9.98. The molecule has 0 aliphatic carbocycles. The molecule has 3 aliphatic rings. The van der Waals surface area contributed by atoms with E-state index in [2.05, 4.69) is 15.4 Å². The van der Waals surface area contributed by atoms with Gasteiger partial charge >= 0.3 is 0 Å². The molecule has 0 saturated carbocycles. The second-order valence-corrected chi connectivity index (χ2v) is 9.76. The molecule has 12 nitrogen and oxygen atoms in total. The molecule has 0 radical (unpaired) electrons. The van der Waals surface area contributed by atoms with Crippen LogP contribution in [-0.4, -0.2) is 57.0 Å². The van der Waals surface area contributed by atoms with Gasteiger partial charge in [0.05, 0.1) is 22.4 Å². The maximum atomic E-state index is 13.7. The van der Waals surface area contributed by atoms with Gasteiger partial charge in [0, 0.05) is 18.6 Å². The summed E-state index contributed by atoms with van der Waals surface area (Å²) in [5.74, 6) is -1.45. The van der Waals surface area contributed by atoms with E-state index < -0.39 is 40.8 Å². The Hall–Kier alpha value is -5.26. The van der Waals surface area contributed by atoms with Crippen molar-refractivity contribution in [1.82, 2.24) is 10.0 Å². The minimum atomic E-state index is -1.03. The molecule has 3 atom stereocenters. The molecule has 1 fully saturated rings. The summed E-state index contributed by atoms with van der Waals surface area (Å²) in [6, 6.07) is 19.8. The highest BCUT2D eigenvalue weighted by Crippen LogP contribution is 2.35. The minimum Gasteiger partial charge on any atom is -0.271 e. The summed E-state index contributed by atoms with van der Waals surface area (Å²) in [4.78, 5) is 51.8. The standard InChI is InChI=1S/C28H23N7O5/c1-17-7-11-20(12-8-17)33-27(37)25-26(28(33)38)32(31-29-25)16-24(36)34-23(19-9-13-21(14-10-19)35(39)40)15-22(30-34)18-5-3-2-4-6-18/h2-14,23,25-26H,15-16H2,1H3/t23-,25-,26-/m1/s1. The number of benzene rings is 3. The molecule has 3 aromatic rings. The number of nitrogens with zero attached hydrogens (tertiary/aromatic N) is 7. The van der Waals surface area contributed by atoms with E-state index in [0.29, 0.717) is 23.4 Å². The predicted octanol–water partition coefficient (Wildman–Crippen LogP) is 3.57. The van der Waals surface area contributed by atoms with Gasteiger partial charge in [-0.1, -0.05) is 65.4 Å². The summed E-state index contributed by atoms with van der Waals surface area (Å²) in [6.45, 7) is 1.57. The number of carbonyl (C=O) groups is 3. The number of imide groups is 1. The molecule has 200 valence electrons. The van der Waals surface area contributed by atoms with E-state index in [9.17, 15) is 24.5 Å². The molecule has 6 rings (SSSR count). The topological polar surface area (TPSA) is 141 Å². The van der Waals surface area contributed by atoms with Crippen LogP contribution in [0.15, 0.2) is 94.3 Å². The van der Waals surface area contributed by atoms with Crippen molar-refractivity contribution in [2.45, 2.75) is 31.5 Å². The number of carbonyl (C=O) groups excluding carboxylic acids is 3. The fraction of sp³-hybridized carbons (Fsp3) is 0.214. The van der Waals surface area contributed by atoms with E-state index in [4.69, 9.17) is 0 Å². The van der Waals surface area contributed by atoms with Crippen molar-refractivity contribution in [3.05, 3.63) is 106 Å². The van der Waals surface area contributed by atoms with Crippen LogP contribution in [0.5, 0.6) is 0 Å². The maximum Gasteiger partial charge on any atom is 0.269 e. The largest absolute Gasteiger partial charge is 0.271 e. The Morgan fingerprint density at radius 2 is 1.68 bits per heavy atom. The molecule has 3 aromatic carbocycles. The molecule has 40 heavy (non-hydrogen) atoms. The van der Waals surface area contributed by atoms with Gasteiger partial charge in [0.15, 0.2) is 12.1 Å². The number of anilines is 1. The summed E-state index contributed by atoms with van der Waals surface area (Å²) in [5, 5.41) is 26.3. The van der Waals surface area contributed by atoms with E-state index in [1.165, 1.54) is 22.2 Å². The predicted molar refractivity (Wildman–Crippen MR) is 143 cm³/mol. The van der Waals surface area contributed by atoms with Crippen molar-refractivity contribution >= 4 is 34.8 Å². The number of nitro benzene ring substituents is 1. The molecular formula is C28H23N7O5. The zero-order chi connectivity index (χ0) is 28.0. The lowest BCUT2D eigenvalue weighted by Gasteiger charge is -2.25. The number of nitro groups is 1. The number of fused-ring (bicyclic) bond motifs is 1. The Labute approximate surface area is 228 Å². The van der Waals surface area contributed by atoms with E-state index in [1.54, 1.807) is 36.4 Å². The summed E-state index contributed by atoms with van der Waals surface area (Å²) < 4.78 is 0. The Bertz CT molecular complexity index is 1570. The van der Waals surface area contributed by atoms with Gasteiger partial charge in [-0.15, -0.1) is 0 Å². The summed E-state index contributed by atoms with van der Waals surface area (Å²) in [7, 11) is 0. The van der Waals surface area contributed by atoms with Gasteiger partial charge in [-0.25, -0.2) is 9.91 Å². The monoisotopic (exact) mass is 537 g/mol. The van der Waals surface area contributed by atoms with Crippen molar-refractivity contribution in [2.24, 2.45) is 15.4 Å². The molecule has 3 amide bonds. The highest BCUT2D eigenvalue weighted by atomic mass is 16.6. The van der Waals surface area contributed by atoms with E-state index in [-0.39, 0.29) is 12.2 Å². The average molecular weight is 538 g/mol. The van der Waals surface area contributed by atoms with Gasteiger partial charge in [-0.05, 0) is 30.2 Å². The smallest absolute Gasteiger partial charge is 0.269 e. The third kappa shape index (κ3) is 4.28. The zero-order valence-corrected chi connectivity index (χ0v) is 21.3. The van der Waals surface area contributed by atoms with E-state index in [1.807, 2.05) is 37.3 Å². The number of hydrogen-bond acceptors (Lipinski definition) is 9. The first kappa shape index (κ1) is 25.0. The average Bonchev–Trinajstić information content (AvgIpc) is 3.65. The van der Waals surface area contributed by atoms with Crippen LogP contribution >= 0.6 is 0 Å². The van der Waals surface area contributed by atoms with E-state index >= 15 is 0 Å². The van der Waals surface area contributed by atoms with Crippen LogP contribution < -0.4 is 4.90 Å². The first-order valence-corrected chi connectivity index (χ1v) is 12.6. The number of hydrogen-bond donors (Lipinski definition) is 0. The lowest BCUT2D eigenvalue weighted by Crippen LogP contribution is -2.44. The fourth-order valence-corrected chi connectivity index (χ4v) is 5.14. The normalized spacial score (nSPS) is 21.7. The summed E-state index contributed by atoms with van der Waals surface area (Å²) in [6.07, 6.45) is 0.389. The lowest BCUT2D eigenvalue weighted by molar-refractivity contribution is -0.384. The number of amides is 3. The molecule has 0 N–H and O–H groups in total. The second kappa shape index (κ2) is 9.80. The van der Waals surface area contributed by atoms with Crippen LogP contribution in [0.4, 0.5) is 11.4 Å². The maximum absolute atomic E-state index is 13.7. The Balaban J connectivity index is 1.26. The fourth-order valence-electron chi connectivity index (χ4n) is 5.14. The number of rotatable bonds is 6. The number of non-ortho nitro benzene ring substituents is 1. The summed E-state index contributed by atoms with van der Waals surface area (Å²) >= 11 is 0. The number of aryl methyl sites for hydroxylation is 1. The van der Waals surface area contributed by atoms with Crippen molar-refractivity contribution in [3.63, 3.8) is 0 Å². The third-order valence-corrected chi connectivity index (χ3v) is 7.21. The SMILES string of the molecule is Cc1ccc(N2C(=O)[C@@H]3N=NN(CC(=O)N4N=C(c5ccccc5)C[C@@H]4c4ccc([N+](=O)[O-])cc4)[C@H]3C2=O)cc1. The quantitative estimate of drug-likeness (QED) is 0.267. The molecule has 0 unspecified atom stereocenters. The van der Waals surface area contributed by atoms with Gasteiger partial charge in [-0.3, -0.25) is 29.5 Å². The Morgan fingerprint density at radius 3 is 2.35 bits per heavy atom. The van der Waals surface area contributed by atoms with Crippen molar-refractivity contribution in [2.75, 3.05) is 11.4 Å². The van der Waals surface area contributed by atoms with Gasteiger partial charge in [0.25, 0.3) is 23.4 Å². The van der Waals surface area contributed by atoms with Crippen LogP contribution in [0.2, 0.25) is 0 Å². The molecule has 0 spiro atoms. The van der Waals surface area contributed by atoms with Gasteiger partial charge in [0.2, 0.25) is 0 Å². The first-order chi connectivity index (χ1) is 19.3. The molecule has 3 aliphatic heterocycles. The van der Waals surface area contributed by atoms with Crippen molar-refractivity contribution in [1.29, 1.82) is 0 Å². The van der Waals surface area contributed by atoms with Crippen LogP contribution in [0.1, 0.15) is 29.2 Å². The molecule has 3 heterocycles. The van der Waals surface area contributed by atoms with Crippen LogP contribution in [0, 0.1) is 17.0 Å². The van der Waals surface area contributed by atoms with Gasteiger partial charge in [0.1, 0.15) is 6.54 Å². The zero-order valence-electron chi connectivity index (χ0n) is 21.3. The molecular weight excluding hydrogens is 514 g/mol. The molecule has 0 aromatic heterocycles. The third-order valence-electron chi connectivity index (χ3n) is 7.21. The van der Waals surface area contributed by atoms with Crippen molar-refractivity contribution in [3.8, 4) is 0 Å². The summed E-state index contributed by atoms with van der Waals surface area (Å²) in [5.41, 5.74) is 3.55. The minimum absolute atomic E-state index is 0.0603. The number of hydrazone groups is 1. The first-order valence-electron chi connectivity index (χ1n) is 12.6. The Kier molecular flexibility index (Phi) is 6.14. The van der Waals surface area contributed by atoms with Crippen molar-refractivity contribution < 1.29 is 19.3 Å². The highest BCUT2D eigenvalue weighted by Gasteiger charge is 2.55. The van der Waals surface area contributed by atoms with Crippen LogP contribution in [0.3, 0.4) is 0 Å².